The molecule has 11 nitrogen and oxygen atoms in total. The van der Waals surface area contributed by atoms with Gasteiger partial charge in [-0.15, -0.1) is 35.9 Å². The molecule has 22 heteroatoms. The molecule has 0 amide bonds. The van der Waals surface area contributed by atoms with Crippen LogP contribution in [0.2, 0.25) is 91.1 Å². The van der Waals surface area contributed by atoms with Crippen LogP contribution in [0.1, 0.15) is 45.7 Å². The van der Waals surface area contributed by atoms with E-state index in [1.165, 1.54) is 40.3 Å². The van der Waals surface area contributed by atoms with Crippen molar-refractivity contribution >= 4 is 89.6 Å². The fourth-order valence-electron chi connectivity index (χ4n) is 9.68. The van der Waals surface area contributed by atoms with Gasteiger partial charge in [0.15, 0.2) is 10.1 Å². The standard InChI is InChI=1S/C18H25NSi.C18H24NSi.3C14H16GeN.C2H6O.CHF3O3S.2CH4O.2Ir/c2*1-14(2)11-16-12-17(15-9-7-6-8-10-15)19-13-18(16)20(3,4)5;3*1-15(2,3)13-9-10-14(16-11-13)12-7-5-4-6-8-12;1-2-3;2-1(3,4)8(5,6)7;2*1-2;;/h6-10,12-14H,11H2,1-5H3;6-9,12-14H,11H2,1-5H3;3*4-7,9-11H,1-3H3;3H,2H2,1H3;(H,5,6,7);2*2H,1H3;;/q;4*-1;;;;;;/p-1. The van der Waals surface area contributed by atoms with Crippen LogP contribution in [0.4, 0.5) is 13.2 Å². The first-order valence-electron chi connectivity index (χ1n) is 34.5. The topological polar surface area (TPSA) is 182 Å². The monoisotopic (exact) mass is 2030 g/mol. The number of halogens is 3. The summed E-state index contributed by atoms with van der Waals surface area (Å²) in [6, 6.07) is 72.9. The summed E-state index contributed by atoms with van der Waals surface area (Å²) < 4.78 is 63.2. The van der Waals surface area contributed by atoms with E-state index in [0.717, 1.165) is 77.8 Å². The first-order valence-corrected chi connectivity index (χ1v) is 64.9. The van der Waals surface area contributed by atoms with Gasteiger partial charge in [0, 0.05) is 79.0 Å². The van der Waals surface area contributed by atoms with Gasteiger partial charge >= 0.3 is 305 Å². The van der Waals surface area contributed by atoms with Crippen molar-refractivity contribution in [1.82, 2.24) is 24.9 Å². The molecule has 5 aromatic heterocycles. The van der Waals surface area contributed by atoms with Crippen LogP contribution in [0.3, 0.4) is 0 Å². The Bertz CT molecular complexity index is 3770. The molecule has 5 heterocycles. The molecular formula is C83H111F3Ge3Ir2N5O6SSi2-5. The molecule has 0 fully saturated rings. The molecule has 3 N–H and O–H groups in total. The largest absolute Gasteiger partial charge is 0 e. The second-order valence-corrected chi connectivity index (χ2v) is 73.3. The second kappa shape index (κ2) is 48.3. The van der Waals surface area contributed by atoms with Crippen molar-refractivity contribution in [2.45, 2.75) is 144 Å². The Kier molecular flexibility index (Phi) is 45.9. The van der Waals surface area contributed by atoms with Gasteiger partial charge in [-0.05, 0) is 59.3 Å². The van der Waals surface area contributed by atoms with E-state index in [1.807, 2.05) is 110 Å². The van der Waals surface area contributed by atoms with Gasteiger partial charge in [0.2, 0.25) is 0 Å². The molecule has 0 saturated heterocycles. The summed E-state index contributed by atoms with van der Waals surface area (Å²) in [7, 11) is -6.76. The molecule has 0 atom stereocenters. The van der Waals surface area contributed by atoms with Gasteiger partial charge in [-0.2, -0.15) is 13.2 Å². The van der Waals surface area contributed by atoms with Gasteiger partial charge in [-0.3, -0.25) is 4.98 Å². The van der Waals surface area contributed by atoms with Gasteiger partial charge in [-0.25, -0.2) is 8.42 Å². The third-order valence-corrected chi connectivity index (χ3v) is 32.5. The van der Waals surface area contributed by atoms with Crippen molar-refractivity contribution in [3.63, 3.8) is 0 Å². The number of aliphatic hydroxyl groups is 3. The molecule has 0 aliphatic carbocycles. The second-order valence-electron chi connectivity index (χ2n) is 29.9. The van der Waals surface area contributed by atoms with Crippen LogP contribution < -0.4 is 23.6 Å². The minimum atomic E-state index is -6.09. The predicted octanol–water partition coefficient (Wildman–Crippen LogP) is 17.3. The maximum Gasteiger partial charge on any atom is 0 e. The van der Waals surface area contributed by atoms with Gasteiger partial charge < -0.3 is 24.9 Å². The van der Waals surface area contributed by atoms with Crippen LogP contribution in [0.5, 0.6) is 0 Å². The Hall–Kier alpha value is -5.21. The van der Waals surface area contributed by atoms with Gasteiger partial charge in [0.05, 0.1) is 21.8 Å². The van der Waals surface area contributed by atoms with Crippen molar-refractivity contribution in [3.05, 3.63) is 242 Å². The van der Waals surface area contributed by atoms with Crippen molar-refractivity contribution in [2.24, 2.45) is 11.8 Å². The molecule has 0 bridgehead atoms. The smallest absolute Gasteiger partial charge is 0 e. The van der Waals surface area contributed by atoms with Crippen LogP contribution in [-0.2, 0) is 63.2 Å². The van der Waals surface area contributed by atoms with E-state index >= 15 is 0 Å². The molecule has 105 heavy (non-hydrogen) atoms. The number of hydrogen-bond acceptors (Lipinski definition) is 11. The van der Waals surface area contributed by atoms with Crippen LogP contribution in [-0.4, -0.2) is 135 Å². The summed E-state index contributed by atoms with van der Waals surface area (Å²) in [6.45, 7) is 25.4. The summed E-state index contributed by atoms with van der Waals surface area (Å²) in [5, 5.41) is 24.6. The number of nitrogens with zero attached hydrogens (tertiary/aromatic N) is 5. The average Bonchev–Trinajstić information content (AvgIpc) is 0.842. The van der Waals surface area contributed by atoms with E-state index in [1.54, 1.807) is 6.92 Å². The molecule has 0 aliphatic heterocycles. The molecule has 0 spiro atoms. The number of pyridine rings is 5. The summed E-state index contributed by atoms with van der Waals surface area (Å²) in [5.74, 6) is 22.8. The minimum Gasteiger partial charge on any atom is 0 e. The van der Waals surface area contributed by atoms with Crippen LogP contribution in [0.15, 0.2) is 207 Å². The molecular weight excluding hydrogens is 1910 g/mol. The minimum absolute atomic E-state index is 0. The maximum atomic E-state index is 10.7. The van der Waals surface area contributed by atoms with Crippen molar-refractivity contribution in [2.75, 3.05) is 20.8 Å². The fraction of sp³-hybridized carbons (Fsp3) is 0.337. The van der Waals surface area contributed by atoms with E-state index in [9.17, 15) is 13.2 Å². The van der Waals surface area contributed by atoms with Crippen LogP contribution in [0.25, 0.3) is 56.3 Å². The number of hydrogen-bond donors (Lipinski definition) is 3. The third kappa shape index (κ3) is 37.2. The van der Waals surface area contributed by atoms with E-state index in [4.69, 9.17) is 33.3 Å². The normalized spacial score (nSPS) is 11.1. The van der Waals surface area contributed by atoms with E-state index in [2.05, 4.69) is 260 Å². The van der Waals surface area contributed by atoms with Crippen molar-refractivity contribution in [3.8, 4) is 56.3 Å². The van der Waals surface area contributed by atoms with Crippen LogP contribution in [0, 0.1) is 36.1 Å². The van der Waals surface area contributed by atoms with Crippen LogP contribution >= 0.6 is 0 Å². The summed E-state index contributed by atoms with van der Waals surface area (Å²) in [4.78, 5) is 23.0. The predicted molar refractivity (Wildman–Crippen MR) is 440 cm³/mol. The molecule has 0 saturated carbocycles. The number of aliphatic hydroxyl groups excluding tert-OH is 3. The van der Waals surface area contributed by atoms with E-state index in [0.29, 0.717) is 11.8 Å². The first kappa shape index (κ1) is 99.8. The van der Waals surface area contributed by atoms with Gasteiger partial charge in [0.25, 0.3) is 0 Å². The van der Waals surface area contributed by atoms with Crippen molar-refractivity contribution < 1.29 is 81.7 Å². The number of alkyl halides is 3. The van der Waals surface area contributed by atoms with Crippen molar-refractivity contribution in [1.29, 1.82) is 0 Å². The van der Waals surface area contributed by atoms with Gasteiger partial charge in [-0.1, -0.05) is 109 Å². The first-order chi connectivity index (χ1) is 48.1. The number of rotatable bonds is 14. The molecule has 0 aliphatic rings. The maximum absolute atomic E-state index is 10.7. The SMILES string of the molecule is CC(C)Cc1cc(-c2[c-]cccc2)ncc1[Si](C)(C)C.CC(C)Cc1cc(-c2ccccc2)ncc1[Si](C)(C)C.CCO.CO.CO.O=S(=O)([O-])C(F)(F)F.[CH3][Ge]([CH3])([CH3])[c]1ccc(-c2[c-]cccc2)nc1.[CH3][Ge]([CH3])([CH3])[c]1ccc(-c2[c-]cccc2)nc1.[CH3][Ge]([CH3])([CH3])[c]1ccc(-c2[c-]cccc2)nc1.[Ir].[Ir]. The summed E-state index contributed by atoms with van der Waals surface area (Å²) in [6.07, 6.45) is 12.6. The molecule has 10 rings (SSSR count). The molecule has 2 radical (unpaired) electrons. The molecule has 574 valence electrons. The van der Waals surface area contributed by atoms with E-state index in [-0.39, 0.29) is 46.8 Å². The summed E-state index contributed by atoms with van der Waals surface area (Å²) in [5.41, 5.74) is 7.98. The molecule has 5 aromatic carbocycles. The number of aromatic nitrogens is 5. The average molecular weight is 2020 g/mol. The Morgan fingerprint density at radius 1 is 0.429 bits per heavy atom. The Morgan fingerprint density at radius 2 is 0.676 bits per heavy atom. The quantitative estimate of drug-likeness (QED) is 0.0408. The fourth-order valence-corrected chi connectivity index (χ4v) is 19.4. The van der Waals surface area contributed by atoms with E-state index < -0.39 is 71.6 Å². The molecule has 0 unspecified atom stereocenters. The summed E-state index contributed by atoms with van der Waals surface area (Å²) >= 11 is -5.15. The zero-order valence-corrected chi connectivity index (χ0v) is 79.3. The third-order valence-electron chi connectivity index (χ3n) is 15.0. The number of benzene rings is 5. The zero-order chi connectivity index (χ0) is 78.0. The van der Waals surface area contributed by atoms with Gasteiger partial charge in [0.1, 0.15) is 0 Å². The molecule has 10 aromatic rings. The Balaban J connectivity index is 0.00000123. The zero-order valence-electron chi connectivity index (χ0n) is 65.4. The Morgan fingerprint density at radius 3 is 0.895 bits per heavy atom. The Labute approximate surface area is 665 Å².